The third-order valence-corrected chi connectivity index (χ3v) is 4.48. The van der Waals surface area contributed by atoms with Gasteiger partial charge in [-0.3, -0.25) is 4.79 Å². The monoisotopic (exact) mass is 410 g/mol. The molecule has 2 rings (SSSR count). The first kappa shape index (κ1) is 22.4. The zero-order chi connectivity index (χ0) is 21.3. The predicted octanol–water partition coefficient (Wildman–Crippen LogP) is 4.68. The molecule has 0 fully saturated rings. The Labute approximate surface area is 176 Å². The largest absolute Gasteiger partial charge is 0.444 e. The molecule has 0 heterocycles. The number of hydrogen-bond acceptors (Lipinski definition) is 4. The van der Waals surface area contributed by atoms with Gasteiger partial charge in [-0.2, -0.15) is 0 Å². The van der Waals surface area contributed by atoms with Crippen LogP contribution in [0.5, 0.6) is 0 Å². The Morgan fingerprint density at radius 1 is 1.07 bits per heavy atom. The number of para-hydroxylation sites is 1. The number of carbonyl (C=O) groups excluding carboxylic acids is 2. The average molecular weight is 411 g/mol. The molecule has 0 aromatic heterocycles. The molecule has 2 N–H and O–H groups in total. The van der Waals surface area contributed by atoms with Gasteiger partial charge in [0.15, 0.2) is 0 Å². The van der Waals surface area contributed by atoms with E-state index >= 15 is 0 Å². The first-order valence-electron chi connectivity index (χ1n) is 9.31. The lowest BCUT2D eigenvalue weighted by molar-refractivity contribution is -0.117. The van der Waals surface area contributed by atoms with Crippen molar-refractivity contribution in [2.24, 2.45) is 0 Å². The van der Waals surface area contributed by atoms with Gasteiger partial charge in [-0.05, 0) is 52.0 Å². The van der Waals surface area contributed by atoms with Crippen LogP contribution in [0, 0.1) is 11.8 Å². The molecule has 0 aliphatic rings. The number of rotatable bonds is 5. The molecule has 0 aliphatic heterocycles. The lowest BCUT2D eigenvalue weighted by atomic mass is 10.1. The molecule has 5 nitrogen and oxygen atoms in total. The van der Waals surface area contributed by atoms with Crippen molar-refractivity contribution in [1.29, 1.82) is 0 Å². The number of carbonyl (C=O) groups is 2. The second kappa shape index (κ2) is 10.6. The van der Waals surface area contributed by atoms with Gasteiger partial charge in [0, 0.05) is 10.5 Å². The highest BCUT2D eigenvalue weighted by atomic mass is 32.2. The van der Waals surface area contributed by atoms with Crippen molar-refractivity contribution in [3.63, 3.8) is 0 Å². The normalized spacial score (nSPS) is 11.6. The Bertz CT molecular complexity index is 896. The summed E-state index contributed by atoms with van der Waals surface area (Å²) in [5.74, 6) is 6.52. The Kier molecular flexibility index (Phi) is 8.17. The van der Waals surface area contributed by atoms with Crippen LogP contribution in [0.15, 0.2) is 59.5 Å². The summed E-state index contributed by atoms with van der Waals surface area (Å²) in [6.07, 6.45) is -0.633. The summed E-state index contributed by atoms with van der Waals surface area (Å²) in [5, 5.41) is 5.35. The number of hydrogen-bond donors (Lipinski definition) is 2. The third-order valence-electron chi connectivity index (χ3n) is 3.59. The number of thioether (sulfide) groups is 1. The van der Waals surface area contributed by atoms with E-state index < -0.39 is 17.7 Å². The van der Waals surface area contributed by atoms with Gasteiger partial charge in [0.2, 0.25) is 5.91 Å². The van der Waals surface area contributed by atoms with E-state index in [1.54, 1.807) is 45.5 Å². The highest BCUT2D eigenvalue weighted by Gasteiger charge is 2.21. The molecule has 0 saturated carbocycles. The molecule has 0 radical (unpaired) electrons. The third kappa shape index (κ3) is 8.32. The van der Waals surface area contributed by atoms with Crippen molar-refractivity contribution >= 4 is 29.4 Å². The molecule has 0 bridgehead atoms. The Hall–Kier alpha value is -2.91. The van der Waals surface area contributed by atoms with Gasteiger partial charge in [-0.25, -0.2) is 4.79 Å². The van der Waals surface area contributed by atoms with Crippen LogP contribution < -0.4 is 10.6 Å². The van der Waals surface area contributed by atoms with Gasteiger partial charge in [0.1, 0.15) is 11.6 Å². The second-order valence-electron chi connectivity index (χ2n) is 7.31. The van der Waals surface area contributed by atoms with E-state index in [1.165, 1.54) is 0 Å². The molecule has 1 atom stereocenters. The Morgan fingerprint density at radius 2 is 1.72 bits per heavy atom. The summed E-state index contributed by atoms with van der Waals surface area (Å²) < 4.78 is 5.18. The van der Waals surface area contributed by atoms with Crippen molar-refractivity contribution in [3.05, 3.63) is 60.2 Å². The van der Waals surface area contributed by atoms with Crippen LogP contribution in [0.25, 0.3) is 0 Å². The molecule has 0 spiro atoms. The van der Waals surface area contributed by atoms with Gasteiger partial charge in [0.05, 0.1) is 11.4 Å². The fourth-order valence-corrected chi connectivity index (χ4v) is 2.92. The maximum Gasteiger partial charge on any atom is 0.408 e. The minimum atomic E-state index is -0.750. The fraction of sp³-hybridized carbons (Fsp3) is 0.304. The van der Waals surface area contributed by atoms with E-state index in [0.717, 1.165) is 10.5 Å². The number of benzene rings is 2. The molecular weight excluding hydrogens is 384 g/mol. The van der Waals surface area contributed by atoms with Gasteiger partial charge in [0.25, 0.3) is 0 Å². The standard InChI is InChI=1S/C23H26N2O3S/c1-17(24-22(27)28-23(2,3)4)21(26)25-20-15-9-8-11-18(20)12-10-16-29-19-13-6-5-7-14-19/h5-9,11,13-15,17H,16H2,1-4H3,(H,24,27)(H,25,26)/t17-/m0/s1. The van der Waals surface area contributed by atoms with Gasteiger partial charge in [-0.15, -0.1) is 11.8 Å². The van der Waals surface area contributed by atoms with Crippen LogP contribution in [0.4, 0.5) is 10.5 Å². The SMILES string of the molecule is C[C@H](NC(=O)OC(C)(C)C)C(=O)Nc1ccccc1C#CCSc1ccccc1. The minimum absolute atomic E-state index is 0.344. The predicted molar refractivity (Wildman–Crippen MR) is 118 cm³/mol. The highest BCUT2D eigenvalue weighted by Crippen LogP contribution is 2.17. The first-order chi connectivity index (χ1) is 13.7. The van der Waals surface area contributed by atoms with Crippen LogP contribution >= 0.6 is 11.8 Å². The molecular formula is C23H26N2O3S. The van der Waals surface area contributed by atoms with E-state index in [1.807, 2.05) is 48.5 Å². The molecule has 0 unspecified atom stereocenters. The highest BCUT2D eigenvalue weighted by molar-refractivity contribution is 7.99. The van der Waals surface area contributed by atoms with Crippen molar-refractivity contribution in [2.45, 2.75) is 44.2 Å². The van der Waals surface area contributed by atoms with Gasteiger partial charge in [-0.1, -0.05) is 42.2 Å². The average Bonchev–Trinajstić information content (AvgIpc) is 2.65. The minimum Gasteiger partial charge on any atom is -0.444 e. The smallest absolute Gasteiger partial charge is 0.408 e. The summed E-state index contributed by atoms with van der Waals surface area (Å²) in [6.45, 7) is 6.90. The van der Waals surface area contributed by atoms with E-state index in [-0.39, 0.29) is 5.91 Å². The van der Waals surface area contributed by atoms with Crippen molar-refractivity contribution in [1.82, 2.24) is 5.32 Å². The lowest BCUT2D eigenvalue weighted by Gasteiger charge is -2.21. The molecule has 0 aliphatic carbocycles. The molecule has 2 aromatic rings. The number of amides is 2. The fourth-order valence-electron chi connectivity index (χ4n) is 2.26. The van der Waals surface area contributed by atoms with Gasteiger partial charge >= 0.3 is 6.09 Å². The zero-order valence-electron chi connectivity index (χ0n) is 17.1. The van der Waals surface area contributed by atoms with E-state index in [4.69, 9.17) is 4.74 Å². The van der Waals surface area contributed by atoms with E-state index in [9.17, 15) is 9.59 Å². The molecule has 152 valence electrons. The quantitative estimate of drug-likeness (QED) is 0.555. The molecule has 6 heteroatoms. The second-order valence-corrected chi connectivity index (χ2v) is 8.36. The topological polar surface area (TPSA) is 67.4 Å². The van der Waals surface area contributed by atoms with Crippen molar-refractivity contribution < 1.29 is 14.3 Å². The maximum atomic E-state index is 12.4. The summed E-state index contributed by atoms with van der Waals surface area (Å²) in [6, 6.07) is 16.6. The summed E-state index contributed by atoms with van der Waals surface area (Å²) in [7, 11) is 0. The maximum absolute atomic E-state index is 12.4. The van der Waals surface area contributed by atoms with Crippen LogP contribution in [0.2, 0.25) is 0 Å². The molecule has 0 saturated heterocycles. The van der Waals surface area contributed by atoms with Crippen LogP contribution in [0.1, 0.15) is 33.3 Å². The van der Waals surface area contributed by atoms with E-state index in [2.05, 4.69) is 22.5 Å². The first-order valence-corrected chi connectivity index (χ1v) is 10.3. The molecule has 2 aromatic carbocycles. The van der Waals surface area contributed by atoms with Crippen molar-refractivity contribution in [3.8, 4) is 11.8 Å². The zero-order valence-corrected chi connectivity index (χ0v) is 17.9. The van der Waals surface area contributed by atoms with E-state index in [0.29, 0.717) is 11.4 Å². The number of anilines is 1. The molecule has 29 heavy (non-hydrogen) atoms. The van der Waals surface area contributed by atoms with Crippen LogP contribution in [0.3, 0.4) is 0 Å². The van der Waals surface area contributed by atoms with Crippen LogP contribution in [-0.4, -0.2) is 29.4 Å². The number of nitrogens with one attached hydrogen (secondary N) is 2. The van der Waals surface area contributed by atoms with Gasteiger partial charge < -0.3 is 15.4 Å². The summed E-state index contributed by atoms with van der Waals surface area (Å²) in [5.41, 5.74) is 0.701. The Morgan fingerprint density at radius 3 is 2.41 bits per heavy atom. The summed E-state index contributed by atoms with van der Waals surface area (Å²) in [4.78, 5) is 25.5. The lowest BCUT2D eigenvalue weighted by Crippen LogP contribution is -2.44. The number of alkyl carbamates (subject to hydrolysis) is 1. The van der Waals surface area contributed by atoms with Crippen molar-refractivity contribution in [2.75, 3.05) is 11.1 Å². The van der Waals surface area contributed by atoms with Crippen LogP contribution in [-0.2, 0) is 9.53 Å². The number of ether oxygens (including phenoxy) is 1. The summed E-state index contributed by atoms with van der Waals surface area (Å²) >= 11 is 1.65. The Balaban J connectivity index is 1.95. The molecule has 2 amide bonds.